The zero-order valence-electron chi connectivity index (χ0n) is 22.7. The van der Waals surface area contributed by atoms with Gasteiger partial charge in [-0.2, -0.15) is 4.57 Å². The summed E-state index contributed by atoms with van der Waals surface area (Å²) >= 11 is 0. The van der Waals surface area contributed by atoms with Gasteiger partial charge in [0, 0.05) is 17.1 Å². The summed E-state index contributed by atoms with van der Waals surface area (Å²) in [7, 11) is -4.34. The lowest BCUT2D eigenvalue weighted by Gasteiger charge is -2.20. The van der Waals surface area contributed by atoms with Crippen molar-refractivity contribution < 1.29 is 32.5 Å². The van der Waals surface area contributed by atoms with Crippen LogP contribution in [0.15, 0.2) is 109 Å². The highest BCUT2D eigenvalue weighted by molar-refractivity contribution is 7.49. The minimum absolute atomic E-state index is 0.155. The van der Waals surface area contributed by atoms with Gasteiger partial charge in [0.1, 0.15) is 17.2 Å². The molecule has 0 fully saturated rings. The highest BCUT2D eigenvalue weighted by Crippen LogP contribution is 2.50. The van der Waals surface area contributed by atoms with Crippen molar-refractivity contribution in [2.75, 3.05) is 16.0 Å². The number of allylic oxidation sites excluding steroid dienone is 3. The van der Waals surface area contributed by atoms with Gasteiger partial charge in [0.15, 0.2) is 0 Å². The Hall–Kier alpha value is -5.08. The molecule has 0 aliphatic heterocycles. The number of hydrogen-bond acceptors (Lipinski definition) is 7. The van der Waals surface area contributed by atoms with Crippen molar-refractivity contribution in [2.45, 2.75) is 20.8 Å². The zero-order valence-corrected chi connectivity index (χ0v) is 23.6. The van der Waals surface area contributed by atoms with Gasteiger partial charge in [0.05, 0.1) is 0 Å². The molecular formula is C30H30N3O7P. The van der Waals surface area contributed by atoms with E-state index in [1.165, 1.54) is 54.6 Å². The van der Waals surface area contributed by atoms with Crippen LogP contribution in [0.5, 0.6) is 17.2 Å². The lowest BCUT2D eigenvalue weighted by molar-refractivity contribution is -0.112. The summed E-state index contributed by atoms with van der Waals surface area (Å²) in [5, 5.41) is 8.05. The molecule has 0 saturated carbocycles. The Morgan fingerprint density at radius 1 is 0.512 bits per heavy atom. The van der Waals surface area contributed by atoms with E-state index < -0.39 is 7.82 Å². The fourth-order valence-corrected chi connectivity index (χ4v) is 4.50. The first-order valence-electron chi connectivity index (χ1n) is 12.5. The molecule has 10 nitrogen and oxygen atoms in total. The number of carbonyl (C=O) groups excluding carboxylic acids is 3. The summed E-state index contributed by atoms with van der Waals surface area (Å²) in [4.78, 5) is 35.4. The van der Waals surface area contributed by atoms with E-state index in [4.69, 9.17) is 13.6 Å². The van der Waals surface area contributed by atoms with Gasteiger partial charge in [0.25, 0.3) is 0 Å². The van der Waals surface area contributed by atoms with Gasteiger partial charge < -0.3 is 29.5 Å². The molecule has 0 spiro atoms. The maximum atomic E-state index is 13.9. The Labute approximate surface area is 238 Å². The molecule has 0 aliphatic carbocycles. The monoisotopic (exact) mass is 575 g/mol. The third kappa shape index (κ3) is 10.2. The molecule has 3 aromatic rings. The number of anilines is 3. The molecule has 0 heterocycles. The number of carbonyl (C=O) groups is 3. The largest absolute Gasteiger partial charge is 0.647 e. The molecule has 3 amide bonds. The number of rotatable bonds is 12. The van der Waals surface area contributed by atoms with Crippen LogP contribution < -0.4 is 29.5 Å². The minimum Gasteiger partial charge on any atom is -0.386 e. The maximum Gasteiger partial charge on any atom is 0.647 e. The van der Waals surface area contributed by atoms with Crippen molar-refractivity contribution in [3.05, 3.63) is 109 Å². The molecule has 0 atom stereocenters. The fraction of sp³-hybridized carbons (Fsp3) is 0.100. The fourth-order valence-electron chi connectivity index (χ4n) is 3.25. The Bertz CT molecular complexity index is 1300. The predicted octanol–water partition coefficient (Wildman–Crippen LogP) is 6.88. The molecule has 212 valence electrons. The van der Waals surface area contributed by atoms with Crippen molar-refractivity contribution in [1.29, 1.82) is 0 Å². The van der Waals surface area contributed by atoms with Gasteiger partial charge in [-0.25, -0.2) is 0 Å². The highest BCUT2D eigenvalue weighted by atomic mass is 31.2. The molecule has 0 bridgehead atoms. The molecule has 0 unspecified atom stereocenters. The van der Waals surface area contributed by atoms with E-state index in [0.29, 0.717) is 17.1 Å². The molecule has 3 aromatic carbocycles. The third-order valence-corrected chi connectivity index (χ3v) is 6.27. The summed E-state index contributed by atoms with van der Waals surface area (Å²) in [5.74, 6) is -0.425. The van der Waals surface area contributed by atoms with E-state index in [2.05, 4.69) is 16.0 Å². The van der Waals surface area contributed by atoms with Gasteiger partial charge in [-0.15, -0.1) is 0 Å². The number of phosphoric acid groups is 1. The Balaban J connectivity index is 1.81. The normalized spacial score (nSPS) is 11.4. The van der Waals surface area contributed by atoms with Crippen LogP contribution in [0, 0.1) is 0 Å². The highest BCUT2D eigenvalue weighted by Gasteiger charge is 2.33. The average molecular weight is 576 g/mol. The van der Waals surface area contributed by atoms with Crippen molar-refractivity contribution in [2.24, 2.45) is 0 Å². The third-order valence-electron chi connectivity index (χ3n) is 4.97. The van der Waals surface area contributed by atoms with Crippen LogP contribution >= 0.6 is 7.82 Å². The van der Waals surface area contributed by atoms with E-state index in [9.17, 15) is 18.9 Å². The van der Waals surface area contributed by atoms with Crippen LogP contribution in [0.4, 0.5) is 17.1 Å². The number of hydrogen-bond donors (Lipinski definition) is 3. The van der Waals surface area contributed by atoms with Crippen molar-refractivity contribution in [1.82, 2.24) is 0 Å². The van der Waals surface area contributed by atoms with Gasteiger partial charge in [-0.05, 0) is 112 Å². The topological polar surface area (TPSA) is 132 Å². The average Bonchev–Trinajstić information content (AvgIpc) is 2.92. The first-order valence-corrected chi connectivity index (χ1v) is 14.0. The van der Waals surface area contributed by atoms with Crippen LogP contribution in [0.1, 0.15) is 20.8 Å². The molecule has 41 heavy (non-hydrogen) atoms. The lowest BCUT2D eigenvalue weighted by atomic mass is 10.3. The van der Waals surface area contributed by atoms with Gasteiger partial charge in [-0.3, -0.25) is 14.4 Å². The maximum absolute atomic E-state index is 13.9. The molecule has 0 saturated heterocycles. The van der Waals surface area contributed by atoms with Crippen molar-refractivity contribution >= 4 is 42.6 Å². The lowest BCUT2D eigenvalue weighted by Crippen LogP contribution is -2.10. The van der Waals surface area contributed by atoms with Crippen LogP contribution in [0.2, 0.25) is 0 Å². The molecule has 0 aromatic heterocycles. The second-order valence-electron chi connectivity index (χ2n) is 8.26. The number of amides is 3. The van der Waals surface area contributed by atoms with E-state index in [1.807, 2.05) is 0 Å². The molecule has 3 rings (SSSR count). The molecular weight excluding hydrogens is 545 g/mol. The molecule has 0 aliphatic rings. The smallest absolute Gasteiger partial charge is 0.386 e. The molecule has 3 N–H and O–H groups in total. The van der Waals surface area contributed by atoms with Gasteiger partial charge in [0.2, 0.25) is 17.7 Å². The number of nitrogens with one attached hydrogen (secondary N) is 3. The minimum atomic E-state index is -4.34. The second kappa shape index (κ2) is 14.9. The van der Waals surface area contributed by atoms with E-state index in [0.717, 1.165) is 0 Å². The molecule has 11 heteroatoms. The van der Waals surface area contributed by atoms with E-state index in [-0.39, 0.29) is 35.0 Å². The summed E-state index contributed by atoms with van der Waals surface area (Å²) in [6.45, 7) is 5.19. The number of phosphoric ester groups is 1. The van der Waals surface area contributed by atoms with Crippen molar-refractivity contribution in [3.63, 3.8) is 0 Å². The first-order chi connectivity index (χ1) is 19.7. The molecule has 0 radical (unpaired) electrons. The van der Waals surface area contributed by atoms with Gasteiger partial charge >= 0.3 is 7.82 Å². The quantitative estimate of drug-likeness (QED) is 0.158. The van der Waals surface area contributed by atoms with Crippen LogP contribution in [0.25, 0.3) is 0 Å². The van der Waals surface area contributed by atoms with Gasteiger partial charge in [-0.1, -0.05) is 18.2 Å². The standard InChI is InChI=1S/C30H30N3O7P/c1-4-7-28(34)31-22-10-16-25(17-11-22)38-41(37,39-26-18-12-23(13-19-26)32-29(35)8-5-2)40-27-20-14-24(15-21-27)33-30(36)9-6-3/h4-21H,1-3H3,(H,31,34)(H,32,35)(H,33,36)/b7-4+,8-5+,9-6+. The Morgan fingerprint density at radius 2 is 0.756 bits per heavy atom. The van der Waals surface area contributed by atoms with Crippen LogP contribution in [-0.2, 0) is 18.9 Å². The Morgan fingerprint density at radius 3 is 0.976 bits per heavy atom. The summed E-state index contributed by atoms with van der Waals surface area (Å²) in [6.07, 6.45) is 8.99. The summed E-state index contributed by atoms with van der Waals surface area (Å²) < 4.78 is 31.0. The summed E-state index contributed by atoms with van der Waals surface area (Å²) in [5.41, 5.74) is 1.51. The van der Waals surface area contributed by atoms with Crippen LogP contribution in [0.3, 0.4) is 0 Å². The van der Waals surface area contributed by atoms with E-state index >= 15 is 0 Å². The summed E-state index contributed by atoms with van der Waals surface area (Å²) in [6, 6.07) is 18.5. The Kier molecular flexibility index (Phi) is 11.1. The van der Waals surface area contributed by atoms with Crippen molar-refractivity contribution in [3.8, 4) is 17.2 Å². The zero-order chi connectivity index (χ0) is 29.7. The first kappa shape index (κ1) is 30.5. The number of benzene rings is 3. The predicted molar refractivity (Wildman–Crippen MR) is 159 cm³/mol. The van der Waals surface area contributed by atoms with E-state index in [1.54, 1.807) is 75.4 Å². The second-order valence-corrected chi connectivity index (χ2v) is 9.70. The SMILES string of the molecule is C/C=C/C(=O)Nc1ccc(OP(=O)(Oc2ccc(NC(=O)/C=C/C)cc2)Oc2ccc(NC(=O)/C=C/C)cc2)cc1. The van der Waals surface area contributed by atoms with Crippen LogP contribution in [-0.4, -0.2) is 17.7 Å².